The van der Waals surface area contributed by atoms with Gasteiger partial charge < -0.3 is 15.2 Å². The number of nitrogens with one attached hydrogen (secondary N) is 1. The summed E-state index contributed by atoms with van der Waals surface area (Å²) in [6.07, 6.45) is 1.36. The summed E-state index contributed by atoms with van der Waals surface area (Å²) in [6, 6.07) is 17.1. The van der Waals surface area contributed by atoms with E-state index in [1.807, 2.05) is 54.6 Å². The molecule has 138 valence electrons. The van der Waals surface area contributed by atoms with E-state index in [1.165, 1.54) is 0 Å². The van der Waals surface area contributed by atoms with Gasteiger partial charge in [-0.05, 0) is 61.7 Å². The molecule has 5 nitrogen and oxygen atoms in total. The SMILES string of the molecule is COc1ccc(NC(=O)CN2CCC([C@@H](O)c3ccccc3)CC2)cc1. The topological polar surface area (TPSA) is 61.8 Å². The molecule has 0 spiro atoms. The van der Waals surface area contributed by atoms with Gasteiger partial charge in [0.25, 0.3) is 0 Å². The average molecular weight is 354 g/mol. The van der Waals surface area contributed by atoms with Crippen LogP contribution in [-0.4, -0.2) is 42.7 Å². The number of piperidine rings is 1. The molecule has 1 amide bonds. The molecule has 2 aromatic carbocycles. The smallest absolute Gasteiger partial charge is 0.238 e. The van der Waals surface area contributed by atoms with Gasteiger partial charge in [0, 0.05) is 5.69 Å². The molecule has 1 saturated heterocycles. The van der Waals surface area contributed by atoms with Gasteiger partial charge in [0.05, 0.1) is 19.8 Å². The molecule has 1 heterocycles. The zero-order chi connectivity index (χ0) is 18.4. The average Bonchev–Trinajstić information content (AvgIpc) is 2.69. The van der Waals surface area contributed by atoms with Crippen LogP contribution in [-0.2, 0) is 4.79 Å². The number of hydrogen-bond donors (Lipinski definition) is 2. The van der Waals surface area contributed by atoms with E-state index in [2.05, 4.69) is 10.2 Å². The van der Waals surface area contributed by atoms with Crippen molar-refractivity contribution in [2.24, 2.45) is 5.92 Å². The summed E-state index contributed by atoms with van der Waals surface area (Å²) >= 11 is 0. The summed E-state index contributed by atoms with van der Waals surface area (Å²) < 4.78 is 5.12. The van der Waals surface area contributed by atoms with Crippen molar-refractivity contribution in [1.29, 1.82) is 0 Å². The predicted octanol–water partition coefficient (Wildman–Crippen LogP) is 3.08. The lowest BCUT2D eigenvalue weighted by atomic mass is 9.87. The first kappa shape index (κ1) is 18.4. The van der Waals surface area contributed by atoms with Gasteiger partial charge in [-0.1, -0.05) is 30.3 Å². The Morgan fingerprint density at radius 3 is 2.42 bits per heavy atom. The largest absolute Gasteiger partial charge is 0.497 e. The number of aliphatic hydroxyl groups is 1. The molecule has 0 saturated carbocycles. The first-order valence-electron chi connectivity index (χ1n) is 9.05. The van der Waals surface area contributed by atoms with Crippen molar-refractivity contribution in [2.75, 3.05) is 32.1 Å². The van der Waals surface area contributed by atoms with E-state index >= 15 is 0 Å². The highest BCUT2D eigenvalue weighted by molar-refractivity contribution is 5.92. The zero-order valence-electron chi connectivity index (χ0n) is 15.1. The summed E-state index contributed by atoms with van der Waals surface area (Å²) in [6.45, 7) is 2.02. The van der Waals surface area contributed by atoms with Crippen molar-refractivity contribution < 1.29 is 14.6 Å². The standard InChI is InChI=1S/C21H26N2O3/c1-26-19-9-7-18(8-10-19)22-20(24)15-23-13-11-17(12-14-23)21(25)16-5-3-2-4-6-16/h2-10,17,21,25H,11-15H2,1H3,(H,22,24)/t21-/m0/s1. The number of likely N-dealkylation sites (tertiary alicyclic amines) is 1. The van der Waals surface area contributed by atoms with Gasteiger partial charge in [0.15, 0.2) is 0 Å². The molecule has 0 bridgehead atoms. The molecule has 3 rings (SSSR count). The number of carbonyl (C=O) groups is 1. The number of anilines is 1. The van der Waals surface area contributed by atoms with E-state index in [0.717, 1.165) is 42.9 Å². The molecule has 0 aromatic heterocycles. The number of ether oxygens (including phenoxy) is 1. The Morgan fingerprint density at radius 1 is 1.15 bits per heavy atom. The van der Waals surface area contributed by atoms with Crippen LogP contribution in [0.4, 0.5) is 5.69 Å². The monoisotopic (exact) mass is 354 g/mol. The van der Waals surface area contributed by atoms with Crippen LogP contribution in [0.2, 0.25) is 0 Å². The molecular weight excluding hydrogens is 328 g/mol. The van der Waals surface area contributed by atoms with Crippen LogP contribution in [0.3, 0.4) is 0 Å². The Morgan fingerprint density at radius 2 is 1.81 bits per heavy atom. The van der Waals surface area contributed by atoms with E-state index in [4.69, 9.17) is 4.74 Å². The molecule has 2 aromatic rings. The third kappa shape index (κ3) is 4.84. The Labute approximate surface area is 154 Å². The van der Waals surface area contributed by atoms with Gasteiger partial charge in [0.2, 0.25) is 5.91 Å². The zero-order valence-corrected chi connectivity index (χ0v) is 15.1. The summed E-state index contributed by atoms with van der Waals surface area (Å²) in [5.74, 6) is 0.998. The maximum atomic E-state index is 12.2. The lowest BCUT2D eigenvalue weighted by Gasteiger charge is -2.34. The fraction of sp³-hybridized carbons (Fsp3) is 0.381. The van der Waals surface area contributed by atoms with E-state index in [9.17, 15) is 9.90 Å². The maximum Gasteiger partial charge on any atom is 0.238 e. The predicted molar refractivity (Wildman–Crippen MR) is 102 cm³/mol. The minimum absolute atomic E-state index is 0.0165. The molecule has 26 heavy (non-hydrogen) atoms. The highest BCUT2D eigenvalue weighted by Gasteiger charge is 2.26. The third-order valence-electron chi connectivity index (χ3n) is 4.96. The summed E-state index contributed by atoms with van der Waals surface area (Å²) in [4.78, 5) is 14.4. The Hall–Kier alpha value is -2.37. The van der Waals surface area contributed by atoms with Crippen LogP contribution in [0.25, 0.3) is 0 Å². The van der Waals surface area contributed by atoms with Crippen LogP contribution in [0.15, 0.2) is 54.6 Å². The number of methoxy groups -OCH3 is 1. The maximum absolute atomic E-state index is 12.2. The molecule has 0 aliphatic carbocycles. The highest BCUT2D eigenvalue weighted by Crippen LogP contribution is 2.30. The molecule has 2 N–H and O–H groups in total. The molecule has 0 radical (unpaired) electrons. The van der Waals surface area contributed by atoms with Gasteiger partial charge in [-0.15, -0.1) is 0 Å². The van der Waals surface area contributed by atoms with Crippen molar-refractivity contribution in [3.8, 4) is 5.75 Å². The molecule has 1 aliphatic rings. The third-order valence-corrected chi connectivity index (χ3v) is 4.96. The van der Waals surface area contributed by atoms with Crippen molar-refractivity contribution in [1.82, 2.24) is 4.90 Å². The van der Waals surface area contributed by atoms with E-state index in [0.29, 0.717) is 6.54 Å². The van der Waals surface area contributed by atoms with Crippen molar-refractivity contribution in [3.63, 3.8) is 0 Å². The van der Waals surface area contributed by atoms with Crippen LogP contribution in [0.5, 0.6) is 5.75 Å². The second-order valence-corrected chi connectivity index (χ2v) is 6.75. The van der Waals surface area contributed by atoms with Crippen LogP contribution >= 0.6 is 0 Å². The van der Waals surface area contributed by atoms with E-state index in [-0.39, 0.29) is 11.8 Å². The Balaban J connectivity index is 1.45. The quantitative estimate of drug-likeness (QED) is 0.837. The fourth-order valence-corrected chi connectivity index (χ4v) is 3.43. The second kappa shape index (κ2) is 8.83. The van der Waals surface area contributed by atoms with Crippen molar-refractivity contribution in [2.45, 2.75) is 18.9 Å². The Kier molecular flexibility index (Phi) is 6.26. The number of hydrogen-bond acceptors (Lipinski definition) is 4. The molecule has 1 aliphatic heterocycles. The van der Waals surface area contributed by atoms with Gasteiger partial charge in [-0.3, -0.25) is 9.69 Å². The molecule has 5 heteroatoms. The first-order valence-corrected chi connectivity index (χ1v) is 9.05. The summed E-state index contributed by atoms with van der Waals surface area (Å²) in [7, 11) is 1.62. The minimum Gasteiger partial charge on any atom is -0.497 e. The number of amides is 1. The molecule has 1 fully saturated rings. The number of nitrogens with zero attached hydrogens (tertiary/aromatic N) is 1. The number of benzene rings is 2. The normalized spacial score (nSPS) is 16.8. The van der Waals surface area contributed by atoms with Crippen molar-refractivity contribution in [3.05, 3.63) is 60.2 Å². The number of rotatable bonds is 6. The molecular formula is C21H26N2O3. The summed E-state index contributed by atoms with van der Waals surface area (Å²) in [5.41, 5.74) is 1.74. The molecule has 1 atom stereocenters. The van der Waals surface area contributed by atoms with E-state index in [1.54, 1.807) is 7.11 Å². The highest BCUT2D eigenvalue weighted by atomic mass is 16.5. The second-order valence-electron chi connectivity index (χ2n) is 6.75. The van der Waals surface area contributed by atoms with Crippen LogP contribution in [0.1, 0.15) is 24.5 Å². The number of aliphatic hydroxyl groups excluding tert-OH is 1. The lowest BCUT2D eigenvalue weighted by molar-refractivity contribution is -0.117. The first-order chi connectivity index (χ1) is 12.7. The molecule has 0 unspecified atom stereocenters. The van der Waals surface area contributed by atoms with Crippen LogP contribution in [0, 0.1) is 5.92 Å². The minimum atomic E-state index is -0.425. The Bertz CT molecular complexity index is 695. The van der Waals surface area contributed by atoms with Gasteiger partial charge in [0.1, 0.15) is 5.75 Å². The number of carbonyl (C=O) groups excluding carboxylic acids is 1. The lowest BCUT2D eigenvalue weighted by Crippen LogP contribution is -2.40. The van der Waals surface area contributed by atoms with Gasteiger partial charge in [-0.25, -0.2) is 0 Å². The van der Waals surface area contributed by atoms with Gasteiger partial charge in [-0.2, -0.15) is 0 Å². The van der Waals surface area contributed by atoms with Crippen LogP contribution < -0.4 is 10.1 Å². The van der Waals surface area contributed by atoms with Crippen molar-refractivity contribution >= 4 is 11.6 Å². The summed E-state index contributed by atoms with van der Waals surface area (Å²) in [5, 5.41) is 13.5. The van der Waals surface area contributed by atoms with E-state index < -0.39 is 6.10 Å². The fourth-order valence-electron chi connectivity index (χ4n) is 3.43. The van der Waals surface area contributed by atoms with Gasteiger partial charge >= 0.3 is 0 Å².